The van der Waals surface area contributed by atoms with Gasteiger partial charge in [0.25, 0.3) is 0 Å². The Balaban J connectivity index is 0.000000206. The second kappa shape index (κ2) is 8.69. The van der Waals surface area contributed by atoms with Crippen LogP contribution in [-0.4, -0.2) is 22.7 Å². The molecular weight excluding hydrogens is 254 g/mol. The van der Waals surface area contributed by atoms with Crippen molar-refractivity contribution in [1.82, 2.24) is 4.98 Å². The molecule has 0 unspecified atom stereocenters. The minimum atomic E-state index is -0.330. The van der Waals surface area contributed by atoms with Gasteiger partial charge in [-0.3, -0.25) is 4.98 Å². The lowest BCUT2D eigenvalue weighted by Gasteiger charge is -1.97. The highest BCUT2D eigenvalue weighted by Crippen LogP contribution is 2.20. The first kappa shape index (κ1) is 15.7. The van der Waals surface area contributed by atoms with E-state index in [-0.39, 0.29) is 11.7 Å². The fraction of sp³-hybridized carbons (Fsp3) is 0.250. The zero-order valence-corrected chi connectivity index (χ0v) is 11.6. The quantitative estimate of drug-likeness (QED) is 0.526. The number of hydrogen-bond donors (Lipinski definition) is 1. The standard InChI is InChI=1S/C9H7NO.C7H12O2/c11-8-5-1-3-7-4-2-6-10-9(7)8;1-3-5-6-9-7(8)4-2/h1-6,11H;4H,2-3,5-6H2,1H3. The summed E-state index contributed by atoms with van der Waals surface area (Å²) in [5.74, 6) is -0.0912. The van der Waals surface area contributed by atoms with Crippen LogP contribution in [0.25, 0.3) is 10.9 Å². The van der Waals surface area contributed by atoms with Gasteiger partial charge in [0.05, 0.1) is 6.61 Å². The number of esters is 1. The molecule has 0 bridgehead atoms. The van der Waals surface area contributed by atoms with Gasteiger partial charge in [0.1, 0.15) is 11.3 Å². The van der Waals surface area contributed by atoms with Crippen molar-refractivity contribution in [1.29, 1.82) is 0 Å². The Hall–Kier alpha value is -2.36. The summed E-state index contributed by atoms with van der Waals surface area (Å²) >= 11 is 0. The van der Waals surface area contributed by atoms with E-state index in [4.69, 9.17) is 0 Å². The average Bonchev–Trinajstić information content (AvgIpc) is 2.48. The summed E-state index contributed by atoms with van der Waals surface area (Å²) in [5, 5.41) is 10.3. The number of unbranched alkanes of at least 4 members (excludes halogenated alkanes) is 1. The smallest absolute Gasteiger partial charge is 0.330 e. The highest BCUT2D eigenvalue weighted by atomic mass is 16.5. The molecule has 0 spiro atoms. The number of carbonyl (C=O) groups is 1. The number of phenols is 1. The molecule has 0 atom stereocenters. The van der Waals surface area contributed by atoms with Crippen molar-refractivity contribution in [3.8, 4) is 5.75 Å². The van der Waals surface area contributed by atoms with E-state index < -0.39 is 0 Å². The molecule has 0 fully saturated rings. The number of pyridine rings is 1. The van der Waals surface area contributed by atoms with Crippen LogP contribution in [0.5, 0.6) is 5.75 Å². The predicted molar refractivity (Wildman–Crippen MR) is 79.5 cm³/mol. The maximum absolute atomic E-state index is 10.3. The van der Waals surface area contributed by atoms with Crippen LogP contribution in [0.3, 0.4) is 0 Å². The van der Waals surface area contributed by atoms with E-state index in [2.05, 4.69) is 16.3 Å². The fourth-order valence-corrected chi connectivity index (χ4v) is 1.46. The van der Waals surface area contributed by atoms with Gasteiger partial charge in [-0.1, -0.05) is 38.1 Å². The van der Waals surface area contributed by atoms with Crippen LogP contribution in [0.1, 0.15) is 19.8 Å². The highest BCUT2D eigenvalue weighted by Gasteiger charge is 1.96. The summed E-state index contributed by atoms with van der Waals surface area (Å²) in [7, 11) is 0. The number of fused-ring (bicyclic) bond motifs is 1. The van der Waals surface area contributed by atoms with Gasteiger partial charge in [0.15, 0.2) is 0 Å². The number of hydrogen-bond acceptors (Lipinski definition) is 4. The third kappa shape index (κ3) is 5.10. The van der Waals surface area contributed by atoms with Crippen LogP contribution in [0.15, 0.2) is 49.2 Å². The molecule has 20 heavy (non-hydrogen) atoms. The summed E-state index contributed by atoms with van der Waals surface area (Å²) in [6, 6.07) is 9.13. The lowest BCUT2D eigenvalue weighted by atomic mass is 10.2. The molecule has 1 N–H and O–H groups in total. The zero-order valence-electron chi connectivity index (χ0n) is 11.6. The molecule has 0 aliphatic carbocycles. The van der Waals surface area contributed by atoms with E-state index in [1.54, 1.807) is 18.3 Å². The molecule has 0 saturated heterocycles. The van der Waals surface area contributed by atoms with Gasteiger partial charge in [-0.25, -0.2) is 4.79 Å². The summed E-state index contributed by atoms with van der Waals surface area (Å²) in [5.41, 5.74) is 0.662. The maximum Gasteiger partial charge on any atom is 0.330 e. The van der Waals surface area contributed by atoms with E-state index in [1.807, 2.05) is 25.1 Å². The van der Waals surface area contributed by atoms with Gasteiger partial charge < -0.3 is 9.84 Å². The topological polar surface area (TPSA) is 59.4 Å². The Morgan fingerprint density at radius 2 is 2.15 bits per heavy atom. The van der Waals surface area contributed by atoms with Gasteiger partial charge in [-0.15, -0.1) is 0 Å². The van der Waals surface area contributed by atoms with Gasteiger partial charge in [0, 0.05) is 17.7 Å². The first-order valence-corrected chi connectivity index (χ1v) is 6.51. The van der Waals surface area contributed by atoms with Crippen LogP contribution in [0, 0.1) is 0 Å². The van der Waals surface area contributed by atoms with E-state index in [0.29, 0.717) is 12.1 Å². The molecule has 1 aromatic carbocycles. The van der Waals surface area contributed by atoms with E-state index in [1.165, 1.54) is 6.08 Å². The third-order valence-electron chi connectivity index (χ3n) is 2.52. The van der Waals surface area contributed by atoms with Crippen molar-refractivity contribution in [2.24, 2.45) is 0 Å². The Morgan fingerprint density at radius 3 is 2.80 bits per heavy atom. The monoisotopic (exact) mass is 273 g/mol. The number of nitrogens with zero attached hydrogens (tertiary/aromatic N) is 1. The highest BCUT2D eigenvalue weighted by molar-refractivity contribution is 5.83. The summed E-state index contributed by atoms with van der Waals surface area (Å²) in [6.07, 6.45) is 4.82. The predicted octanol–water partition coefficient (Wildman–Crippen LogP) is 3.46. The Bertz CT molecular complexity index is 561. The van der Waals surface area contributed by atoms with Crippen LogP contribution in [0.2, 0.25) is 0 Å². The first-order chi connectivity index (χ1) is 9.69. The van der Waals surface area contributed by atoms with E-state index in [0.717, 1.165) is 18.2 Å². The molecule has 0 amide bonds. The lowest BCUT2D eigenvalue weighted by Crippen LogP contribution is -2.00. The number of para-hydroxylation sites is 1. The largest absolute Gasteiger partial charge is 0.506 e. The number of ether oxygens (including phenoxy) is 1. The molecule has 106 valence electrons. The normalized spacial score (nSPS) is 9.45. The van der Waals surface area contributed by atoms with Crippen molar-refractivity contribution in [2.75, 3.05) is 6.61 Å². The number of rotatable bonds is 4. The molecule has 0 radical (unpaired) electrons. The number of carbonyl (C=O) groups excluding carboxylic acids is 1. The van der Waals surface area contributed by atoms with Crippen LogP contribution >= 0.6 is 0 Å². The summed E-state index contributed by atoms with van der Waals surface area (Å²) in [4.78, 5) is 14.4. The first-order valence-electron chi connectivity index (χ1n) is 6.51. The van der Waals surface area contributed by atoms with Gasteiger partial charge in [-0.05, 0) is 18.6 Å². The van der Waals surface area contributed by atoms with E-state index >= 15 is 0 Å². The number of benzene rings is 1. The molecule has 2 aromatic rings. The SMILES string of the molecule is C=CC(=O)OCCCC.Oc1cccc2cccnc12. The van der Waals surface area contributed by atoms with Crippen molar-refractivity contribution in [3.05, 3.63) is 49.2 Å². The van der Waals surface area contributed by atoms with Crippen LogP contribution in [0.4, 0.5) is 0 Å². The molecule has 4 heteroatoms. The van der Waals surface area contributed by atoms with Crippen LogP contribution < -0.4 is 0 Å². The lowest BCUT2D eigenvalue weighted by molar-refractivity contribution is -0.137. The average molecular weight is 273 g/mol. The number of aromatic hydroxyl groups is 1. The molecule has 0 saturated carbocycles. The maximum atomic E-state index is 10.3. The molecular formula is C16H19NO3. The van der Waals surface area contributed by atoms with E-state index in [9.17, 15) is 9.90 Å². The van der Waals surface area contributed by atoms with Crippen molar-refractivity contribution in [2.45, 2.75) is 19.8 Å². The van der Waals surface area contributed by atoms with Crippen LogP contribution in [-0.2, 0) is 9.53 Å². The van der Waals surface area contributed by atoms with Gasteiger partial charge in [-0.2, -0.15) is 0 Å². The molecule has 0 aliphatic heterocycles. The minimum absolute atomic E-state index is 0.239. The molecule has 4 nitrogen and oxygen atoms in total. The zero-order chi connectivity index (χ0) is 14.8. The Morgan fingerprint density at radius 1 is 1.40 bits per heavy atom. The molecule has 1 aromatic heterocycles. The second-order valence-corrected chi connectivity index (χ2v) is 4.08. The number of phenolic OH excluding ortho intramolecular Hbond substituents is 1. The molecule has 1 heterocycles. The third-order valence-corrected chi connectivity index (χ3v) is 2.52. The van der Waals surface area contributed by atoms with Crippen molar-refractivity contribution < 1.29 is 14.6 Å². The van der Waals surface area contributed by atoms with Crippen molar-refractivity contribution >= 4 is 16.9 Å². The summed E-state index contributed by atoms with van der Waals surface area (Å²) in [6.45, 7) is 5.82. The Kier molecular flexibility index (Phi) is 6.82. The second-order valence-electron chi connectivity index (χ2n) is 4.08. The fourth-order valence-electron chi connectivity index (χ4n) is 1.46. The van der Waals surface area contributed by atoms with Crippen molar-refractivity contribution in [3.63, 3.8) is 0 Å². The molecule has 0 aliphatic rings. The minimum Gasteiger partial charge on any atom is -0.506 e. The summed E-state index contributed by atoms with van der Waals surface area (Å²) < 4.78 is 4.67. The molecule has 2 rings (SSSR count). The van der Waals surface area contributed by atoms with Gasteiger partial charge in [0.2, 0.25) is 0 Å². The number of aromatic nitrogens is 1. The Labute approximate surface area is 118 Å². The van der Waals surface area contributed by atoms with Gasteiger partial charge >= 0.3 is 5.97 Å².